The number of nitrogens with two attached hydrogens (primary N) is 5. The number of carbonyl (C=O) groups excluding carboxylic acids is 5. The number of nitrogens with zero attached hydrogens (tertiary/aromatic N) is 1. The fraction of sp³-hybridized carbons (Fsp3) is 0.667. The van der Waals surface area contributed by atoms with Gasteiger partial charge in [-0.2, -0.15) is 0 Å². The van der Waals surface area contributed by atoms with Crippen molar-refractivity contribution in [3.05, 3.63) is 0 Å². The molecule has 0 aliphatic heterocycles. The number of primary amides is 2. The molecule has 14 N–H and O–H groups in total. The van der Waals surface area contributed by atoms with Crippen molar-refractivity contribution in [2.75, 3.05) is 6.54 Å². The SMILES string of the molecule is CCC(C)C(NC(=O)C(CCCN=C(N)N)NC(=O)C(N)CCC(N)=O)C(=O)NC(CC(N)=O)C(=O)O. The molecule has 210 valence electrons. The van der Waals surface area contributed by atoms with Gasteiger partial charge in [0.1, 0.15) is 18.1 Å². The average Bonchev–Trinajstić information content (AvgIpc) is 2.80. The van der Waals surface area contributed by atoms with Crippen molar-refractivity contribution in [3.63, 3.8) is 0 Å². The van der Waals surface area contributed by atoms with Crippen LogP contribution in [-0.4, -0.2) is 77.3 Å². The van der Waals surface area contributed by atoms with Crippen molar-refractivity contribution >= 4 is 41.5 Å². The molecule has 0 aliphatic carbocycles. The number of aliphatic imine (C=N–C) groups is 1. The van der Waals surface area contributed by atoms with E-state index in [1.54, 1.807) is 13.8 Å². The van der Waals surface area contributed by atoms with Crippen LogP contribution in [0.4, 0.5) is 0 Å². The highest BCUT2D eigenvalue weighted by Crippen LogP contribution is 2.11. The maximum absolute atomic E-state index is 13.1. The molecule has 5 amide bonds. The van der Waals surface area contributed by atoms with Gasteiger partial charge in [-0.25, -0.2) is 4.79 Å². The monoisotopic (exact) mass is 529 g/mol. The maximum Gasteiger partial charge on any atom is 0.326 e. The van der Waals surface area contributed by atoms with Gasteiger partial charge in [-0.1, -0.05) is 20.3 Å². The third-order valence-electron chi connectivity index (χ3n) is 5.43. The van der Waals surface area contributed by atoms with Crippen molar-refractivity contribution in [2.24, 2.45) is 39.6 Å². The van der Waals surface area contributed by atoms with Gasteiger partial charge in [-0.05, 0) is 25.2 Å². The quantitative estimate of drug-likeness (QED) is 0.0472. The molecule has 0 aliphatic rings. The maximum atomic E-state index is 13.1. The van der Waals surface area contributed by atoms with Gasteiger partial charge in [0.05, 0.1) is 12.5 Å². The molecule has 0 aromatic rings. The van der Waals surface area contributed by atoms with Crippen LogP contribution in [-0.2, 0) is 28.8 Å². The lowest BCUT2D eigenvalue weighted by Crippen LogP contribution is -2.59. The Morgan fingerprint density at radius 2 is 1.43 bits per heavy atom. The zero-order chi connectivity index (χ0) is 28.7. The minimum absolute atomic E-state index is 0.0438. The zero-order valence-corrected chi connectivity index (χ0v) is 21.1. The van der Waals surface area contributed by atoms with Crippen molar-refractivity contribution in [2.45, 2.75) is 76.5 Å². The fourth-order valence-electron chi connectivity index (χ4n) is 3.10. The Hall–Kier alpha value is -3.95. The van der Waals surface area contributed by atoms with Crippen LogP contribution in [0.5, 0.6) is 0 Å². The largest absolute Gasteiger partial charge is 0.480 e. The van der Waals surface area contributed by atoms with Crippen molar-refractivity contribution in [3.8, 4) is 0 Å². The second-order valence-electron chi connectivity index (χ2n) is 8.56. The third-order valence-corrected chi connectivity index (χ3v) is 5.43. The van der Waals surface area contributed by atoms with Crippen LogP contribution >= 0.6 is 0 Å². The number of aliphatic carboxylic acids is 1. The zero-order valence-electron chi connectivity index (χ0n) is 21.1. The van der Waals surface area contributed by atoms with Gasteiger partial charge in [0.2, 0.25) is 29.5 Å². The summed E-state index contributed by atoms with van der Waals surface area (Å²) < 4.78 is 0. The minimum atomic E-state index is -1.59. The number of hydrogen-bond donors (Lipinski definition) is 9. The summed E-state index contributed by atoms with van der Waals surface area (Å²) in [4.78, 5) is 75.9. The number of rotatable bonds is 18. The van der Waals surface area contributed by atoms with Crippen molar-refractivity contribution in [1.29, 1.82) is 0 Å². The Morgan fingerprint density at radius 3 is 1.92 bits per heavy atom. The first-order valence-corrected chi connectivity index (χ1v) is 11.7. The second kappa shape index (κ2) is 16.7. The smallest absolute Gasteiger partial charge is 0.326 e. The Morgan fingerprint density at radius 1 is 0.838 bits per heavy atom. The molecule has 0 bridgehead atoms. The normalized spacial score (nSPS) is 14.7. The molecule has 0 saturated carbocycles. The third kappa shape index (κ3) is 13.6. The predicted molar refractivity (Wildman–Crippen MR) is 133 cm³/mol. The highest BCUT2D eigenvalue weighted by molar-refractivity contribution is 5.95. The van der Waals surface area contributed by atoms with E-state index in [1.807, 2.05) is 0 Å². The number of amides is 5. The molecular weight excluding hydrogens is 490 g/mol. The summed E-state index contributed by atoms with van der Waals surface area (Å²) in [6.45, 7) is 3.56. The van der Waals surface area contributed by atoms with Crippen LogP contribution < -0.4 is 44.6 Å². The molecule has 16 heteroatoms. The minimum Gasteiger partial charge on any atom is -0.480 e. The lowest BCUT2D eigenvalue weighted by Gasteiger charge is -2.28. The molecule has 16 nitrogen and oxygen atoms in total. The van der Waals surface area contributed by atoms with Crippen LogP contribution in [0.15, 0.2) is 4.99 Å². The first kappa shape index (κ1) is 33.0. The summed E-state index contributed by atoms with van der Waals surface area (Å²) >= 11 is 0. The molecule has 0 aromatic heterocycles. The standard InChI is InChI=1S/C21H39N9O7/c1-3-10(2)16(19(35)29-13(20(36)37)9-15(24)32)30-18(34)12(5-4-8-27-21(25)26)28-17(33)11(22)6-7-14(23)31/h10-13,16H,3-9,22H2,1-2H3,(H2,23,31)(H2,24,32)(H,28,33)(H,29,35)(H,30,34)(H,36,37)(H4,25,26,27). The van der Waals surface area contributed by atoms with E-state index in [9.17, 15) is 33.9 Å². The fourth-order valence-corrected chi connectivity index (χ4v) is 3.10. The number of hydrogen-bond acceptors (Lipinski definition) is 8. The molecule has 5 unspecified atom stereocenters. The van der Waals surface area contributed by atoms with Crippen LogP contribution in [0.25, 0.3) is 0 Å². The number of carboxylic acid groups (broad SMARTS) is 1. The Labute approximate surface area is 214 Å². The van der Waals surface area contributed by atoms with Crippen LogP contribution in [0.2, 0.25) is 0 Å². The van der Waals surface area contributed by atoms with E-state index in [1.165, 1.54) is 0 Å². The number of carbonyl (C=O) groups is 6. The Bertz CT molecular complexity index is 861. The number of guanidine groups is 1. The van der Waals surface area contributed by atoms with E-state index in [-0.39, 0.29) is 38.2 Å². The second-order valence-corrected chi connectivity index (χ2v) is 8.56. The molecule has 0 aromatic carbocycles. The van der Waals surface area contributed by atoms with Gasteiger partial charge in [-0.15, -0.1) is 0 Å². The summed E-state index contributed by atoms with van der Waals surface area (Å²) in [7, 11) is 0. The molecule has 0 heterocycles. The van der Waals surface area contributed by atoms with Crippen LogP contribution in [0.1, 0.15) is 52.4 Å². The number of carboxylic acids is 1. The van der Waals surface area contributed by atoms with Gasteiger partial charge >= 0.3 is 5.97 Å². The summed E-state index contributed by atoms with van der Waals surface area (Å²) in [6.07, 6.45) is -0.0711. The summed E-state index contributed by atoms with van der Waals surface area (Å²) in [6, 6.07) is -5.08. The molecule has 0 radical (unpaired) electrons. The molecule has 5 atom stereocenters. The van der Waals surface area contributed by atoms with Crippen molar-refractivity contribution < 1.29 is 33.9 Å². The lowest BCUT2D eigenvalue weighted by molar-refractivity contribution is -0.144. The molecule has 0 spiro atoms. The summed E-state index contributed by atoms with van der Waals surface area (Å²) in [5.41, 5.74) is 26.5. The summed E-state index contributed by atoms with van der Waals surface area (Å²) in [5.74, 6) is -5.99. The van der Waals surface area contributed by atoms with E-state index in [0.717, 1.165) is 0 Å². The van der Waals surface area contributed by atoms with Gasteiger partial charge in [0.25, 0.3) is 0 Å². The summed E-state index contributed by atoms with van der Waals surface area (Å²) in [5, 5.41) is 16.5. The first-order valence-electron chi connectivity index (χ1n) is 11.7. The molecule has 0 saturated heterocycles. The molecule has 37 heavy (non-hydrogen) atoms. The molecular formula is C21H39N9O7. The average molecular weight is 530 g/mol. The van der Waals surface area contributed by atoms with E-state index >= 15 is 0 Å². The number of nitrogens with one attached hydrogen (secondary N) is 3. The first-order chi connectivity index (χ1) is 17.2. The highest BCUT2D eigenvalue weighted by Gasteiger charge is 2.33. The van der Waals surface area contributed by atoms with Gasteiger partial charge in [-0.3, -0.25) is 29.0 Å². The topological polar surface area (TPSA) is 301 Å². The van der Waals surface area contributed by atoms with E-state index in [4.69, 9.17) is 28.7 Å². The lowest BCUT2D eigenvalue weighted by atomic mass is 9.97. The van der Waals surface area contributed by atoms with Crippen molar-refractivity contribution in [1.82, 2.24) is 16.0 Å². The van der Waals surface area contributed by atoms with E-state index in [0.29, 0.717) is 6.42 Å². The van der Waals surface area contributed by atoms with Crippen LogP contribution in [0.3, 0.4) is 0 Å². The Kier molecular flexibility index (Phi) is 14.9. The van der Waals surface area contributed by atoms with Gasteiger partial charge < -0.3 is 49.7 Å². The van der Waals surface area contributed by atoms with Crippen LogP contribution in [0, 0.1) is 5.92 Å². The van der Waals surface area contributed by atoms with E-state index in [2.05, 4.69) is 20.9 Å². The predicted octanol–water partition coefficient (Wildman–Crippen LogP) is -3.91. The molecule has 0 rings (SSSR count). The van der Waals surface area contributed by atoms with Gasteiger partial charge in [0.15, 0.2) is 5.96 Å². The Balaban J connectivity index is 5.68. The van der Waals surface area contributed by atoms with E-state index < -0.39 is 72.0 Å². The highest BCUT2D eigenvalue weighted by atomic mass is 16.4. The van der Waals surface area contributed by atoms with Gasteiger partial charge in [0, 0.05) is 13.0 Å². The molecule has 0 fully saturated rings.